The predicted molar refractivity (Wildman–Crippen MR) is 114 cm³/mol. The zero-order chi connectivity index (χ0) is 22.2. The minimum atomic E-state index is -3.85. The summed E-state index contributed by atoms with van der Waals surface area (Å²) >= 11 is 0. The summed E-state index contributed by atoms with van der Waals surface area (Å²) in [5.74, 6) is 1.51. The van der Waals surface area contributed by atoms with Crippen LogP contribution >= 0.6 is 0 Å². The van der Waals surface area contributed by atoms with Gasteiger partial charge in [0, 0.05) is 12.3 Å². The van der Waals surface area contributed by atoms with Gasteiger partial charge in [0.2, 0.25) is 11.6 Å². The molecule has 0 saturated heterocycles. The van der Waals surface area contributed by atoms with Gasteiger partial charge in [-0.2, -0.15) is 5.21 Å². The number of hydrogen-bond acceptors (Lipinski definition) is 7. The van der Waals surface area contributed by atoms with Gasteiger partial charge in [-0.3, -0.25) is 0 Å². The molecule has 162 valence electrons. The highest BCUT2D eigenvalue weighted by molar-refractivity contribution is 7.90. The first kappa shape index (κ1) is 20.9. The van der Waals surface area contributed by atoms with E-state index in [1.54, 1.807) is 36.5 Å². The third kappa shape index (κ3) is 3.86. The maximum absolute atomic E-state index is 13.5. The van der Waals surface area contributed by atoms with E-state index in [9.17, 15) is 8.42 Å². The van der Waals surface area contributed by atoms with Crippen molar-refractivity contribution in [1.29, 1.82) is 0 Å². The molecule has 4 rings (SSSR count). The zero-order valence-corrected chi connectivity index (χ0v) is 18.5. The molecule has 0 unspecified atom stereocenters. The number of rotatable bonds is 7. The Bertz CT molecular complexity index is 1290. The molecule has 3 aromatic heterocycles. The van der Waals surface area contributed by atoms with Crippen molar-refractivity contribution in [3.63, 3.8) is 0 Å². The Hall–Kier alpha value is -3.40. The molecular weight excluding hydrogens is 418 g/mol. The SMILES string of the molecule is COc1cc(-c2c(CC(C)C)ccn2S(=O)(=O)c2ccc(C)cc2)oc1-c1nn[nH]n1. The maximum Gasteiger partial charge on any atom is 0.268 e. The van der Waals surface area contributed by atoms with Crippen LogP contribution < -0.4 is 4.74 Å². The van der Waals surface area contributed by atoms with E-state index in [1.165, 1.54) is 11.1 Å². The summed E-state index contributed by atoms with van der Waals surface area (Å²) in [6, 6.07) is 10.2. The maximum atomic E-state index is 13.5. The number of H-pyrrole nitrogens is 1. The molecule has 1 N–H and O–H groups in total. The van der Waals surface area contributed by atoms with E-state index in [0.29, 0.717) is 29.5 Å². The van der Waals surface area contributed by atoms with Crippen LogP contribution in [0, 0.1) is 12.8 Å². The third-order valence-electron chi connectivity index (χ3n) is 4.84. The molecule has 0 spiro atoms. The lowest BCUT2D eigenvalue weighted by atomic mass is 10.0. The van der Waals surface area contributed by atoms with E-state index >= 15 is 0 Å². The summed E-state index contributed by atoms with van der Waals surface area (Å²) in [4.78, 5) is 0.197. The summed E-state index contributed by atoms with van der Waals surface area (Å²) in [7, 11) is -2.35. The number of aromatic amines is 1. The molecule has 0 aliphatic carbocycles. The van der Waals surface area contributed by atoms with E-state index in [0.717, 1.165) is 11.1 Å². The molecule has 1 aromatic carbocycles. The van der Waals surface area contributed by atoms with Gasteiger partial charge in [-0.05, 0) is 48.2 Å². The van der Waals surface area contributed by atoms with E-state index < -0.39 is 10.0 Å². The second-order valence-electron chi connectivity index (χ2n) is 7.65. The molecule has 0 radical (unpaired) electrons. The Morgan fingerprint density at radius 2 is 1.94 bits per heavy atom. The molecular formula is C21H23N5O4S. The molecule has 0 aliphatic heterocycles. The van der Waals surface area contributed by atoms with Gasteiger partial charge >= 0.3 is 0 Å². The zero-order valence-electron chi connectivity index (χ0n) is 17.7. The lowest BCUT2D eigenvalue weighted by molar-refractivity contribution is 0.409. The quantitative estimate of drug-likeness (QED) is 0.465. The second-order valence-corrected chi connectivity index (χ2v) is 9.46. The number of aryl methyl sites for hydroxylation is 1. The number of furan rings is 1. The van der Waals surface area contributed by atoms with Crippen molar-refractivity contribution in [3.05, 3.63) is 53.7 Å². The highest BCUT2D eigenvalue weighted by atomic mass is 32.2. The van der Waals surface area contributed by atoms with Gasteiger partial charge in [-0.15, -0.1) is 10.2 Å². The van der Waals surface area contributed by atoms with Gasteiger partial charge in [-0.25, -0.2) is 12.4 Å². The molecule has 31 heavy (non-hydrogen) atoms. The van der Waals surface area contributed by atoms with Crippen molar-refractivity contribution in [3.8, 4) is 28.8 Å². The van der Waals surface area contributed by atoms with E-state index in [1.807, 2.05) is 13.0 Å². The van der Waals surface area contributed by atoms with Crippen molar-refractivity contribution in [2.24, 2.45) is 5.92 Å². The van der Waals surface area contributed by atoms with Crippen LogP contribution in [0.3, 0.4) is 0 Å². The first-order valence-corrected chi connectivity index (χ1v) is 11.2. The number of benzene rings is 1. The Labute approximate surface area is 180 Å². The van der Waals surface area contributed by atoms with E-state index in [2.05, 4.69) is 34.5 Å². The molecule has 0 bridgehead atoms. The number of methoxy groups -OCH3 is 1. The highest BCUT2D eigenvalue weighted by Crippen LogP contribution is 2.39. The first-order chi connectivity index (χ1) is 14.8. The van der Waals surface area contributed by atoms with Crippen LogP contribution in [0.1, 0.15) is 25.0 Å². The lowest BCUT2D eigenvalue weighted by Gasteiger charge is -2.12. The van der Waals surface area contributed by atoms with Crippen LogP contribution in [0.2, 0.25) is 0 Å². The van der Waals surface area contributed by atoms with Crippen molar-refractivity contribution in [2.45, 2.75) is 32.1 Å². The number of nitrogens with zero attached hydrogens (tertiary/aromatic N) is 4. The minimum absolute atomic E-state index is 0.197. The Morgan fingerprint density at radius 3 is 2.55 bits per heavy atom. The molecule has 4 aromatic rings. The van der Waals surface area contributed by atoms with Crippen LogP contribution in [0.5, 0.6) is 5.75 Å². The van der Waals surface area contributed by atoms with E-state index in [-0.39, 0.29) is 16.5 Å². The molecule has 0 amide bonds. The van der Waals surface area contributed by atoms with Crippen molar-refractivity contribution >= 4 is 10.0 Å². The monoisotopic (exact) mass is 441 g/mol. The van der Waals surface area contributed by atoms with Crippen LogP contribution in [0.25, 0.3) is 23.0 Å². The fraction of sp³-hybridized carbons (Fsp3) is 0.286. The second kappa shape index (κ2) is 8.03. The standard InChI is InChI=1S/C21H23N5O4S/c1-13(2)11-15-9-10-26(31(27,28)16-7-5-14(3)6-8-16)19(15)17-12-18(29-4)20(30-17)21-22-24-25-23-21/h5-10,12-13H,11H2,1-4H3,(H,22,23,24,25). The van der Waals surface area contributed by atoms with E-state index in [4.69, 9.17) is 9.15 Å². The molecule has 0 fully saturated rings. The van der Waals surface area contributed by atoms with Gasteiger partial charge in [0.15, 0.2) is 11.5 Å². The summed E-state index contributed by atoms with van der Waals surface area (Å²) in [6.45, 7) is 6.05. The summed E-state index contributed by atoms with van der Waals surface area (Å²) in [5.41, 5.74) is 2.27. The molecule has 0 aliphatic rings. The summed E-state index contributed by atoms with van der Waals surface area (Å²) in [5, 5.41) is 13.8. The molecule has 3 heterocycles. The van der Waals surface area contributed by atoms with Gasteiger partial charge < -0.3 is 9.15 Å². The molecule has 0 saturated carbocycles. The number of nitrogens with one attached hydrogen (secondary N) is 1. The average Bonchev–Trinajstić information content (AvgIpc) is 3.46. The van der Waals surface area contributed by atoms with Crippen molar-refractivity contribution < 1.29 is 17.6 Å². The highest BCUT2D eigenvalue weighted by Gasteiger charge is 2.27. The minimum Gasteiger partial charge on any atom is -0.493 e. The fourth-order valence-electron chi connectivity index (χ4n) is 3.40. The number of ether oxygens (including phenoxy) is 1. The largest absolute Gasteiger partial charge is 0.493 e. The Balaban J connectivity index is 1.91. The first-order valence-electron chi connectivity index (χ1n) is 9.75. The van der Waals surface area contributed by atoms with Crippen LogP contribution in [-0.2, 0) is 16.4 Å². The third-order valence-corrected chi connectivity index (χ3v) is 6.53. The normalized spacial score (nSPS) is 11.9. The lowest BCUT2D eigenvalue weighted by Crippen LogP contribution is -2.14. The van der Waals surface area contributed by atoms with Gasteiger partial charge in [0.05, 0.1) is 12.0 Å². The van der Waals surface area contributed by atoms with Gasteiger partial charge in [0.25, 0.3) is 10.0 Å². The van der Waals surface area contributed by atoms with Gasteiger partial charge in [-0.1, -0.05) is 31.5 Å². The summed E-state index contributed by atoms with van der Waals surface area (Å²) in [6.07, 6.45) is 2.23. The van der Waals surface area contributed by atoms with Crippen molar-refractivity contribution in [2.75, 3.05) is 7.11 Å². The topological polar surface area (TPSA) is 116 Å². The Morgan fingerprint density at radius 1 is 1.19 bits per heavy atom. The Kier molecular flexibility index (Phi) is 5.40. The fourth-order valence-corrected chi connectivity index (χ4v) is 4.78. The molecule has 9 nitrogen and oxygen atoms in total. The van der Waals surface area contributed by atoms with Gasteiger partial charge in [0.1, 0.15) is 5.69 Å². The number of tetrazole rings is 1. The number of aromatic nitrogens is 5. The molecule has 10 heteroatoms. The smallest absolute Gasteiger partial charge is 0.268 e. The number of hydrogen-bond donors (Lipinski definition) is 1. The van der Waals surface area contributed by atoms with Crippen LogP contribution in [-0.4, -0.2) is 40.1 Å². The van der Waals surface area contributed by atoms with Crippen LogP contribution in [0.15, 0.2) is 51.9 Å². The predicted octanol–water partition coefficient (Wildman–Crippen LogP) is 3.68. The molecule has 0 atom stereocenters. The average molecular weight is 442 g/mol. The van der Waals surface area contributed by atoms with Crippen molar-refractivity contribution in [1.82, 2.24) is 24.6 Å². The summed E-state index contributed by atoms with van der Waals surface area (Å²) < 4.78 is 39.6. The van der Waals surface area contributed by atoms with Crippen LogP contribution in [0.4, 0.5) is 0 Å².